The number of hydrogen-bond donors (Lipinski definition) is 0. The Morgan fingerprint density at radius 3 is 0.519 bits per heavy atom. The van der Waals surface area contributed by atoms with E-state index in [4.69, 9.17) is 0 Å². The Morgan fingerprint density at radius 2 is 0.365 bits per heavy atom. The Kier molecular flexibility index (Phi) is 41.6. The second-order valence-electron chi connectivity index (χ2n) is 16.5. The van der Waals surface area contributed by atoms with Crippen LogP contribution in [0.1, 0.15) is 290 Å². The number of hydrogen-bond acceptors (Lipinski definition) is 3. The molecule has 0 aliphatic carbocycles. The highest BCUT2D eigenvalue weighted by Gasteiger charge is 2.27. The highest BCUT2D eigenvalue weighted by atomic mass is 16.2. The maximum atomic E-state index is 13.3. The third kappa shape index (κ3) is 35.8. The first-order chi connectivity index (χ1) is 25.6. The van der Waals surface area contributed by atoms with Crippen molar-refractivity contribution in [1.29, 1.82) is 0 Å². The summed E-state index contributed by atoms with van der Waals surface area (Å²) in [5.74, 6) is -0.743. The van der Waals surface area contributed by atoms with Gasteiger partial charge < -0.3 is 0 Å². The molecule has 0 saturated heterocycles. The summed E-state index contributed by atoms with van der Waals surface area (Å²) in [6, 6.07) is 0. The molecule has 0 fully saturated rings. The van der Waals surface area contributed by atoms with Crippen LogP contribution < -0.4 is 0 Å². The first kappa shape index (κ1) is 50.8. The van der Waals surface area contributed by atoms with Crippen LogP contribution in [-0.2, 0) is 14.4 Å². The number of amides is 3. The monoisotopic (exact) mass is 732 g/mol. The lowest BCUT2D eigenvalue weighted by Crippen LogP contribution is -2.41. The van der Waals surface area contributed by atoms with Crippen molar-refractivity contribution in [2.45, 2.75) is 290 Å². The van der Waals surface area contributed by atoms with Gasteiger partial charge >= 0.3 is 0 Å². The minimum atomic E-state index is -0.248. The number of imide groups is 3. The normalized spacial score (nSPS) is 11.4. The number of carbonyl (C=O) groups is 3. The van der Waals surface area contributed by atoms with E-state index in [9.17, 15) is 14.4 Å². The summed E-state index contributed by atoms with van der Waals surface area (Å²) < 4.78 is 0. The zero-order valence-corrected chi connectivity index (χ0v) is 35.9. The van der Waals surface area contributed by atoms with Crippen LogP contribution in [0.25, 0.3) is 0 Å². The first-order valence-electron chi connectivity index (χ1n) is 24.0. The van der Waals surface area contributed by atoms with Crippen molar-refractivity contribution in [3.63, 3.8) is 0 Å². The van der Waals surface area contributed by atoms with Gasteiger partial charge in [0.2, 0.25) is 17.7 Å². The zero-order chi connectivity index (χ0) is 38.0. The van der Waals surface area contributed by atoms with E-state index in [-0.39, 0.29) is 17.7 Å². The van der Waals surface area contributed by atoms with E-state index in [2.05, 4.69) is 20.8 Å². The highest BCUT2D eigenvalue weighted by Crippen LogP contribution is 2.18. The molecule has 0 aromatic heterocycles. The average molecular weight is 732 g/mol. The van der Waals surface area contributed by atoms with Crippen LogP contribution in [-0.4, -0.2) is 22.6 Å². The molecule has 0 unspecified atom stereocenters. The maximum absolute atomic E-state index is 13.3. The summed E-state index contributed by atoms with van der Waals surface area (Å²) in [6.45, 7) is 6.82. The van der Waals surface area contributed by atoms with Gasteiger partial charge in [0.15, 0.2) is 0 Å². The van der Waals surface area contributed by atoms with Gasteiger partial charge in [-0.1, -0.05) is 252 Å². The summed E-state index contributed by atoms with van der Waals surface area (Å²) in [5.41, 5.74) is 0. The molecule has 0 aliphatic rings. The molecule has 0 spiro atoms. The largest absolute Gasteiger partial charge is 0.274 e. The fourth-order valence-corrected chi connectivity index (χ4v) is 7.63. The Morgan fingerprint density at radius 1 is 0.231 bits per heavy atom. The molecular formula is C48H93NO3. The van der Waals surface area contributed by atoms with Crippen LogP contribution in [0.3, 0.4) is 0 Å². The number of rotatable bonds is 42. The van der Waals surface area contributed by atoms with Crippen molar-refractivity contribution >= 4 is 17.7 Å². The zero-order valence-electron chi connectivity index (χ0n) is 35.9. The fourth-order valence-electron chi connectivity index (χ4n) is 7.63. The quantitative estimate of drug-likeness (QED) is 0.0587. The van der Waals surface area contributed by atoms with Crippen LogP contribution in [0.5, 0.6) is 0 Å². The van der Waals surface area contributed by atoms with E-state index < -0.39 is 0 Å². The third-order valence-corrected chi connectivity index (χ3v) is 11.2. The molecule has 0 rings (SSSR count). The molecule has 0 aromatic rings. The molecule has 308 valence electrons. The summed E-state index contributed by atoms with van der Waals surface area (Å²) in [4.78, 5) is 40.9. The lowest BCUT2D eigenvalue weighted by molar-refractivity contribution is -0.154. The van der Waals surface area contributed by atoms with Crippen LogP contribution in [0.15, 0.2) is 0 Å². The summed E-state index contributed by atoms with van der Waals surface area (Å²) in [6.07, 6.45) is 50.0. The summed E-state index contributed by atoms with van der Waals surface area (Å²) in [7, 11) is 0. The second kappa shape index (κ2) is 42.6. The molecule has 0 aromatic carbocycles. The van der Waals surface area contributed by atoms with E-state index in [0.717, 1.165) is 62.7 Å². The molecule has 3 amide bonds. The lowest BCUT2D eigenvalue weighted by Gasteiger charge is -2.19. The van der Waals surface area contributed by atoms with Crippen molar-refractivity contribution in [1.82, 2.24) is 4.90 Å². The molecule has 4 heteroatoms. The van der Waals surface area contributed by atoms with Crippen molar-refractivity contribution in [3.8, 4) is 0 Å². The first-order valence-corrected chi connectivity index (χ1v) is 24.0. The van der Waals surface area contributed by atoms with Crippen molar-refractivity contribution in [2.75, 3.05) is 0 Å². The molecule has 0 saturated carbocycles. The molecule has 0 radical (unpaired) electrons. The van der Waals surface area contributed by atoms with E-state index in [1.165, 1.54) is 193 Å². The minimum Gasteiger partial charge on any atom is -0.274 e. The number of unbranched alkanes of at least 4 members (excludes halogenated alkanes) is 36. The average Bonchev–Trinajstić information content (AvgIpc) is 3.14. The molecule has 0 atom stereocenters. The third-order valence-electron chi connectivity index (χ3n) is 11.2. The van der Waals surface area contributed by atoms with Gasteiger partial charge in [0.25, 0.3) is 0 Å². The Labute approximate surface area is 326 Å². The fraction of sp³-hybridized carbons (Fsp3) is 0.938. The highest BCUT2D eigenvalue weighted by molar-refractivity contribution is 6.10. The molecule has 0 bridgehead atoms. The van der Waals surface area contributed by atoms with Crippen LogP contribution in [0.2, 0.25) is 0 Å². The molecule has 0 heterocycles. The van der Waals surface area contributed by atoms with Crippen molar-refractivity contribution in [3.05, 3.63) is 0 Å². The smallest absolute Gasteiger partial charge is 0.236 e. The molecule has 52 heavy (non-hydrogen) atoms. The van der Waals surface area contributed by atoms with Crippen LogP contribution in [0.4, 0.5) is 0 Å². The van der Waals surface area contributed by atoms with Gasteiger partial charge in [0.1, 0.15) is 0 Å². The van der Waals surface area contributed by atoms with Gasteiger partial charge in [-0.2, -0.15) is 0 Å². The van der Waals surface area contributed by atoms with Gasteiger partial charge in [-0.05, 0) is 19.3 Å². The number of nitrogens with zero attached hydrogens (tertiary/aromatic N) is 1. The van der Waals surface area contributed by atoms with E-state index in [1.54, 1.807) is 0 Å². The minimum absolute atomic E-state index is 0.248. The predicted octanol–water partition coefficient (Wildman–Crippen LogP) is 16.3. The van der Waals surface area contributed by atoms with E-state index in [1.807, 2.05) is 0 Å². The van der Waals surface area contributed by atoms with E-state index in [0.29, 0.717) is 19.3 Å². The lowest BCUT2D eigenvalue weighted by atomic mass is 10.0. The van der Waals surface area contributed by atoms with Gasteiger partial charge in [0, 0.05) is 19.3 Å². The van der Waals surface area contributed by atoms with Gasteiger partial charge in [0.05, 0.1) is 0 Å². The maximum Gasteiger partial charge on any atom is 0.236 e. The summed E-state index contributed by atoms with van der Waals surface area (Å²) in [5, 5.41) is 0. The summed E-state index contributed by atoms with van der Waals surface area (Å²) >= 11 is 0. The topological polar surface area (TPSA) is 54.5 Å². The Hall–Kier alpha value is -1.19. The molecular weight excluding hydrogens is 639 g/mol. The second-order valence-corrected chi connectivity index (χ2v) is 16.5. The van der Waals surface area contributed by atoms with Crippen LogP contribution >= 0.6 is 0 Å². The molecule has 0 N–H and O–H groups in total. The van der Waals surface area contributed by atoms with Crippen LogP contribution in [0, 0.1) is 0 Å². The number of carbonyl (C=O) groups excluding carboxylic acids is 3. The van der Waals surface area contributed by atoms with E-state index >= 15 is 0 Å². The Bertz CT molecular complexity index is 665. The standard InChI is InChI=1S/C48H93NO3/c1-4-7-10-13-16-19-22-25-28-31-34-37-40-43-46(50)49(47(51)44-41-38-35-32-29-26-23-20-17-14-11-8-5-2)48(52)45-42-39-36-33-30-27-24-21-18-15-12-9-6-3/h4-45H2,1-3H3. The van der Waals surface area contributed by atoms with Crippen molar-refractivity contribution in [2.24, 2.45) is 0 Å². The molecule has 0 aliphatic heterocycles. The van der Waals surface area contributed by atoms with Gasteiger partial charge in [-0.25, -0.2) is 4.90 Å². The molecule has 4 nitrogen and oxygen atoms in total. The van der Waals surface area contributed by atoms with Gasteiger partial charge in [-0.3, -0.25) is 14.4 Å². The predicted molar refractivity (Wildman–Crippen MR) is 228 cm³/mol. The van der Waals surface area contributed by atoms with Gasteiger partial charge in [-0.15, -0.1) is 0 Å². The van der Waals surface area contributed by atoms with Crippen molar-refractivity contribution < 1.29 is 14.4 Å². The SMILES string of the molecule is CCCCCCCCCCCCCCCC(=O)N(C(=O)CCCCCCCCCCCCCCC)C(=O)CCCCCCCCCCCCCCC. The Balaban J connectivity index is 4.37.